The zero-order valence-electron chi connectivity index (χ0n) is 13.3. The van der Waals surface area contributed by atoms with Crippen molar-refractivity contribution in [2.45, 2.75) is 13.3 Å². The molecule has 0 saturated heterocycles. The first-order chi connectivity index (χ1) is 10.4. The molecule has 0 atom stereocenters. The Labute approximate surface area is 154 Å². The monoisotopic (exact) mass is 458 g/mol. The maximum Gasteiger partial charge on any atom is 0.208 e. The smallest absolute Gasteiger partial charge is 0.208 e. The summed E-state index contributed by atoms with van der Waals surface area (Å²) in [6, 6.07) is 6.37. The van der Waals surface area contributed by atoms with Crippen LogP contribution in [0.5, 0.6) is 0 Å². The van der Waals surface area contributed by atoms with Crippen molar-refractivity contribution >= 4 is 40.0 Å². The van der Waals surface area contributed by atoms with Gasteiger partial charge in [0.1, 0.15) is 5.82 Å². The lowest BCUT2D eigenvalue weighted by Crippen LogP contribution is -2.39. The van der Waals surface area contributed by atoms with Crippen LogP contribution in [-0.4, -0.2) is 46.8 Å². The third-order valence-electron chi connectivity index (χ3n) is 2.71. The maximum atomic E-state index is 12.8. The van der Waals surface area contributed by atoms with E-state index in [1.807, 2.05) is 6.92 Å². The third kappa shape index (κ3) is 11.3. The minimum absolute atomic E-state index is 0. The van der Waals surface area contributed by atoms with Gasteiger partial charge in [0.15, 0.2) is 5.96 Å². The van der Waals surface area contributed by atoms with Gasteiger partial charge < -0.3 is 10.6 Å². The third-order valence-corrected chi connectivity index (χ3v) is 3.44. The molecule has 0 saturated carbocycles. The first kappa shape index (κ1) is 22.1. The van der Waals surface area contributed by atoms with Gasteiger partial charge in [-0.1, -0.05) is 12.1 Å². The second-order valence-corrected chi connectivity index (χ2v) is 6.56. The molecule has 0 spiro atoms. The van der Waals surface area contributed by atoms with Crippen LogP contribution < -0.4 is 15.4 Å². The summed E-state index contributed by atoms with van der Waals surface area (Å²) in [4.78, 5) is 4.27. The highest BCUT2D eigenvalue weighted by molar-refractivity contribution is 14.0. The van der Waals surface area contributed by atoms with E-state index in [0.717, 1.165) is 18.2 Å². The summed E-state index contributed by atoms with van der Waals surface area (Å²) in [6.07, 6.45) is 1.86. The lowest BCUT2D eigenvalue weighted by molar-refractivity contribution is 0.588. The van der Waals surface area contributed by atoms with Crippen molar-refractivity contribution in [1.29, 1.82) is 0 Å². The fourth-order valence-corrected chi connectivity index (χ4v) is 2.18. The largest absolute Gasteiger partial charge is 0.357 e. The summed E-state index contributed by atoms with van der Waals surface area (Å²) >= 11 is 0. The Bertz CT molecular complexity index is 579. The van der Waals surface area contributed by atoms with Crippen LogP contribution in [0.4, 0.5) is 4.39 Å². The number of nitrogens with zero attached hydrogens (tertiary/aromatic N) is 1. The van der Waals surface area contributed by atoms with Crippen LogP contribution in [0.15, 0.2) is 29.3 Å². The number of guanidine groups is 1. The van der Waals surface area contributed by atoms with E-state index < -0.39 is 10.0 Å². The zero-order valence-corrected chi connectivity index (χ0v) is 16.4. The highest BCUT2D eigenvalue weighted by atomic mass is 127. The van der Waals surface area contributed by atoms with Gasteiger partial charge in [0.25, 0.3) is 0 Å². The molecule has 0 radical (unpaired) electrons. The van der Waals surface area contributed by atoms with Gasteiger partial charge in [0, 0.05) is 19.6 Å². The van der Waals surface area contributed by atoms with Crippen LogP contribution in [0.25, 0.3) is 0 Å². The molecule has 9 heteroatoms. The van der Waals surface area contributed by atoms with E-state index in [4.69, 9.17) is 0 Å². The van der Waals surface area contributed by atoms with Gasteiger partial charge in [-0.05, 0) is 31.0 Å². The highest BCUT2D eigenvalue weighted by Gasteiger charge is 2.00. The Morgan fingerprint density at radius 1 is 1.17 bits per heavy atom. The van der Waals surface area contributed by atoms with Crippen molar-refractivity contribution in [3.8, 4) is 0 Å². The molecule has 3 N–H and O–H groups in total. The van der Waals surface area contributed by atoms with Crippen molar-refractivity contribution in [3.63, 3.8) is 0 Å². The van der Waals surface area contributed by atoms with E-state index in [0.29, 0.717) is 25.6 Å². The Balaban J connectivity index is 0.00000484. The second kappa shape index (κ2) is 11.6. The number of benzene rings is 1. The number of rotatable bonds is 8. The molecular weight excluding hydrogens is 434 g/mol. The van der Waals surface area contributed by atoms with E-state index >= 15 is 0 Å². The molecule has 0 amide bonds. The molecule has 0 heterocycles. The first-order valence-electron chi connectivity index (χ1n) is 7.12. The summed E-state index contributed by atoms with van der Waals surface area (Å²) in [7, 11) is -3.18. The van der Waals surface area contributed by atoms with E-state index in [1.54, 1.807) is 12.1 Å². The van der Waals surface area contributed by atoms with Gasteiger partial charge in [0.2, 0.25) is 10.0 Å². The molecule has 1 rings (SSSR count). The Morgan fingerprint density at radius 3 is 2.39 bits per heavy atom. The molecule has 1 aromatic carbocycles. The van der Waals surface area contributed by atoms with Crippen LogP contribution in [0, 0.1) is 5.82 Å². The molecule has 6 nitrogen and oxygen atoms in total. The van der Waals surface area contributed by atoms with E-state index in [1.165, 1.54) is 12.1 Å². The van der Waals surface area contributed by atoms with E-state index in [2.05, 4.69) is 20.3 Å². The van der Waals surface area contributed by atoms with Crippen molar-refractivity contribution < 1.29 is 12.8 Å². The number of nitrogens with one attached hydrogen (secondary N) is 3. The topological polar surface area (TPSA) is 82.6 Å². The van der Waals surface area contributed by atoms with E-state index in [9.17, 15) is 12.8 Å². The first-order valence-corrected chi connectivity index (χ1v) is 9.01. The van der Waals surface area contributed by atoms with Crippen LogP contribution in [-0.2, 0) is 16.4 Å². The normalized spacial score (nSPS) is 11.7. The molecule has 0 unspecified atom stereocenters. The summed E-state index contributed by atoms with van der Waals surface area (Å²) in [5.41, 5.74) is 1.03. The lowest BCUT2D eigenvalue weighted by Gasteiger charge is -2.11. The number of sulfonamides is 1. The molecule has 0 fully saturated rings. The number of halogens is 2. The molecule has 0 aliphatic carbocycles. The summed E-state index contributed by atoms with van der Waals surface area (Å²) in [5.74, 6) is 0.380. The molecule has 23 heavy (non-hydrogen) atoms. The average Bonchev–Trinajstić information content (AvgIpc) is 2.44. The molecule has 0 bridgehead atoms. The van der Waals surface area contributed by atoms with Gasteiger partial charge >= 0.3 is 0 Å². The Hall–Kier alpha value is -0.940. The molecule has 0 aromatic heterocycles. The Kier molecular flexibility index (Phi) is 11.1. The molecule has 1 aromatic rings. The fourth-order valence-electron chi connectivity index (χ4n) is 1.72. The quantitative estimate of drug-likeness (QED) is 0.236. The minimum Gasteiger partial charge on any atom is -0.357 e. The van der Waals surface area contributed by atoms with E-state index in [-0.39, 0.29) is 36.3 Å². The van der Waals surface area contributed by atoms with Gasteiger partial charge in [-0.25, -0.2) is 17.5 Å². The number of hydrogen-bond donors (Lipinski definition) is 3. The zero-order chi connectivity index (χ0) is 16.4. The van der Waals surface area contributed by atoms with Crippen molar-refractivity contribution in [1.82, 2.24) is 15.4 Å². The van der Waals surface area contributed by atoms with Crippen molar-refractivity contribution in [2.24, 2.45) is 4.99 Å². The molecule has 0 aliphatic heterocycles. The van der Waals surface area contributed by atoms with Crippen LogP contribution in [0.2, 0.25) is 0 Å². The van der Waals surface area contributed by atoms with Gasteiger partial charge in [0.05, 0.1) is 12.8 Å². The highest BCUT2D eigenvalue weighted by Crippen LogP contribution is 2.02. The maximum absolute atomic E-state index is 12.8. The predicted octanol–water partition coefficient (Wildman–Crippen LogP) is 1.09. The fraction of sp³-hybridized carbons (Fsp3) is 0.500. The van der Waals surface area contributed by atoms with Gasteiger partial charge in [-0.2, -0.15) is 0 Å². The summed E-state index contributed by atoms with van der Waals surface area (Å²) in [6.45, 7) is 3.91. The SMILES string of the molecule is CCNC(=NCCNS(C)(=O)=O)NCCc1ccc(F)cc1.I. The summed E-state index contributed by atoms with van der Waals surface area (Å²) < 4.78 is 37.1. The number of hydrogen-bond acceptors (Lipinski definition) is 3. The molecule has 132 valence electrons. The lowest BCUT2D eigenvalue weighted by atomic mass is 10.1. The second-order valence-electron chi connectivity index (χ2n) is 4.73. The van der Waals surface area contributed by atoms with Gasteiger partial charge in [-0.15, -0.1) is 24.0 Å². The van der Waals surface area contributed by atoms with Crippen molar-refractivity contribution in [3.05, 3.63) is 35.6 Å². The molecular formula is C14H24FIN4O2S. The number of aliphatic imine (C=N–C) groups is 1. The standard InChI is InChI=1S/C14H23FN4O2S.HI/c1-3-16-14(18-10-11-19-22(2,20)21)17-9-8-12-4-6-13(15)7-5-12;/h4-7,19H,3,8-11H2,1-2H3,(H2,16,17,18);1H. The Morgan fingerprint density at radius 2 is 1.83 bits per heavy atom. The van der Waals surface area contributed by atoms with Crippen LogP contribution in [0.3, 0.4) is 0 Å². The van der Waals surface area contributed by atoms with Gasteiger partial charge in [-0.3, -0.25) is 4.99 Å². The van der Waals surface area contributed by atoms with Crippen molar-refractivity contribution in [2.75, 3.05) is 32.4 Å². The summed E-state index contributed by atoms with van der Waals surface area (Å²) in [5, 5.41) is 6.23. The minimum atomic E-state index is -3.18. The molecule has 0 aliphatic rings. The predicted molar refractivity (Wildman–Crippen MR) is 102 cm³/mol. The van der Waals surface area contributed by atoms with Crippen LogP contribution >= 0.6 is 24.0 Å². The average molecular weight is 458 g/mol. The van der Waals surface area contributed by atoms with Crippen LogP contribution in [0.1, 0.15) is 12.5 Å².